The van der Waals surface area contributed by atoms with Crippen molar-refractivity contribution in [1.29, 1.82) is 0 Å². The van der Waals surface area contributed by atoms with Gasteiger partial charge >= 0.3 is 0 Å². The van der Waals surface area contributed by atoms with Crippen molar-refractivity contribution in [2.24, 2.45) is 0 Å². The van der Waals surface area contributed by atoms with E-state index in [1.807, 2.05) is 0 Å². The first-order valence-electron chi connectivity index (χ1n) is 8.59. The molecule has 2 aliphatic heterocycles. The van der Waals surface area contributed by atoms with E-state index < -0.39 is 0 Å². The van der Waals surface area contributed by atoms with Gasteiger partial charge in [-0.15, -0.1) is 0 Å². The monoisotopic (exact) mass is 283 g/mol. The molecule has 0 aromatic carbocycles. The normalized spacial score (nSPS) is 32.1. The lowest BCUT2D eigenvalue weighted by molar-refractivity contribution is 0.00289. The first kappa shape index (κ1) is 16.2. The van der Waals surface area contributed by atoms with Crippen molar-refractivity contribution in [2.75, 3.05) is 45.9 Å². The fourth-order valence-corrected chi connectivity index (χ4v) is 3.76. The lowest BCUT2D eigenvalue weighted by Gasteiger charge is -2.38. The molecule has 4 nitrogen and oxygen atoms in total. The molecule has 2 rings (SSSR count). The summed E-state index contributed by atoms with van der Waals surface area (Å²) >= 11 is 0. The van der Waals surface area contributed by atoms with Crippen LogP contribution in [-0.2, 0) is 4.74 Å². The van der Waals surface area contributed by atoms with Gasteiger partial charge in [0.15, 0.2) is 0 Å². The summed E-state index contributed by atoms with van der Waals surface area (Å²) in [5.41, 5.74) is 0. The van der Waals surface area contributed by atoms with Gasteiger partial charge in [-0.1, -0.05) is 20.8 Å². The minimum Gasteiger partial charge on any atom is -0.380 e. The Kier molecular flexibility index (Phi) is 6.75. The summed E-state index contributed by atoms with van der Waals surface area (Å²) in [5, 5.41) is 3.74. The lowest BCUT2D eigenvalue weighted by atomic mass is 10.0. The molecule has 118 valence electrons. The third-order valence-electron chi connectivity index (χ3n) is 4.98. The van der Waals surface area contributed by atoms with Crippen LogP contribution < -0.4 is 5.32 Å². The van der Waals surface area contributed by atoms with Crippen molar-refractivity contribution in [3.63, 3.8) is 0 Å². The maximum absolute atomic E-state index is 5.76. The average molecular weight is 283 g/mol. The standard InChI is InChI=1S/C16H33N3O/c1-4-9-17-15-8-11-20-13-16(15)19-10-7-14(12-19)18(5-2)6-3/h14-17H,4-13H2,1-3H3. The molecule has 2 fully saturated rings. The SMILES string of the molecule is CCCNC1CCOCC1N1CCC(N(CC)CC)C1. The average Bonchev–Trinajstić information content (AvgIpc) is 2.96. The summed E-state index contributed by atoms with van der Waals surface area (Å²) in [5.74, 6) is 0. The van der Waals surface area contributed by atoms with Gasteiger partial charge in [-0.25, -0.2) is 0 Å². The Morgan fingerprint density at radius 2 is 2.00 bits per heavy atom. The van der Waals surface area contributed by atoms with E-state index in [0.29, 0.717) is 12.1 Å². The molecule has 4 heteroatoms. The number of nitrogens with one attached hydrogen (secondary N) is 1. The van der Waals surface area contributed by atoms with Gasteiger partial charge < -0.3 is 10.1 Å². The zero-order chi connectivity index (χ0) is 14.4. The minimum absolute atomic E-state index is 0.580. The van der Waals surface area contributed by atoms with Crippen LogP contribution in [0.15, 0.2) is 0 Å². The highest BCUT2D eigenvalue weighted by atomic mass is 16.5. The molecule has 0 spiro atoms. The van der Waals surface area contributed by atoms with Crippen molar-refractivity contribution in [3.05, 3.63) is 0 Å². The number of hydrogen-bond donors (Lipinski definition) is 1. The van der Waals surface area contributed by atoms with E-state index in [1.54, 1.807) is 0 Å². The van der Waals surface area contributed by atoms with Crippen LogP contribution in [0.1, 0.15) is 40.0 Å². The van der Waals surface area contributed by atoms with E-state index in [-0.39, 0.29) is 0 Å². The van der Waals surface area contributed by atoms with Crippen LogP contribution in [0.3, 0.4) is 0 Å². The predicted molar refractivity (Wildman–Crippen MR) is 84.2 cm³/mol. The molecular formula is C16H33N3O. The molecule has 0 radical (unpaired) electrons. The molecule has 20 heavy (non-hydrogen) atoms. The fraction of sp³-hybridized carbons (Fsp3) is 1.00. The lowest BCUT2D eigenvalue weighted by Crippen LogP contribution is -2.55. The van der Waals surface area contributed by atoms with Crippen molar-refractivity contribution < 1.29 is 4.74 Å². The van der Waals surface area contributed by atoms with Crippen LogP contribution in [0, 0.1) is 0 Å². The second kappa shape index (κ2) is 8.32. The minimum atomic E-state index is 0.580. The highest BCUT2D eigenvalue weighted by Crippen LogP contribution is 2.22. The molecule has 1 N–H and O–H groups in total. The van der Waals surface area contributed by atoms with Crippen LogP contribution in [0.4, 0.5) is 0 Å². The summed E-state index contributed by atoms with van der Waals surface area (Å²) < 4.78 is 5.76. The molecule has 0 aromatic heterocycles. The Morgan fingerprint density at radius 1 is 1.20 bits per heavy atom. The quantitative estimate of drug-likeness (QED) is 0.767. The van der Waals surface area contributed by atoms with Crippen LogP contribution in [0.5, 0.6) is 0 Å². The van der Waals surface area contributed by atoms with E-state index >= 15 is 0 Å². The van der Waals surface area contributed by atoms with Gasteiger partial charge in [-0.05, 0) is 38.9 Å². The van der Waals surface area contributed by atoms with Gasteiger partial charge in [0.25, 0.3) is 0 Å². The van der Waals surface area contributed by atoms with Crippen molar-refractivity contribution in [2.45, 2.75) is 58.2 Å². The molecule has 0 amide bonds. The number of likely N-dealkylation sites (N-methyl/N-ethyl adjacent to an activating group) is 1. The third kappa shape index (κ3) is 3.94. The number of ether oxygens (including phenoxy) is 1. The first-order chi connectivity index (χ1) is 9.80. The Hall–Kier alpha value is -0.160. The highest BCUT2D eigenvalue weighted by Gasteiger charge is 2.36. The van der Waals surface area contributed by atoms with Crippen molar-refractivity contribution >= 4 is 0 Å². The molecule has 2 aliphatic rings. The molecular weight excluding hydrogens is 250 g/mol. The summed E-state index contributed by atoms with van der Waals surface area (Å²) in [6, 6.07) is 1.95. The zero-order valence-electron chi connectivity index (χ0n) is 13.6. The van der Waals surface area contributed by atoms with Gasteiger partial charge in [0.05, 0.1) is 6.61 Å². The van der Waals surface area contributed by atoms with E-state index in [0.717, 1.165) is 32.2 Å². The Labute approximate surface area is 124 Å². The molecule has 3 atom stereocenters. The van der Waals surface area contributed by atoms with E-state index in [1.165, 1.54) is 39.0 Å². The van der Waals surface area contributed by atoms with Gasteiger partial charge in [-0.3, -0.25) is 9.80 Å². The molecule has 2 heterocycles. The third-order valence-corrected chi connectivity index (χ3v) is 4.98. The summed E-state index contributed by atoms with van der Waals surface area (Å²) in [6.07, 6.45) is 3.70. The van der Waals surface area contributed by atoms with Crippen molar-refractivity contribution in [1.82, 2.24) is 15.1 Å². The molecule has 2 saturated heterocycles. The zero-order valence-corrected chi connectivity index (χ0v) is 13.6. The van der Waals surface area contributed by atoms with E-state index in [4.69, 9.17) is 4.74 Å². The Balaban J connectivity index is 1.89. The van der Waals surface area contributed by atoms with E-state index in [2.05, 4.69) is 35.9 Å². The Bertz CT molecular complexity index is 270. The molecule has 0 aromatic rings. The second-order valence-electron chi connectivity index (χ2n) is 6.15. The summed E-state index contributed by atoms with van der Waals surface area (Å²) in [7, 11) is 0. The molecule has 0 bridgehead atoms. The second-order valence-corrected chi connectivity index (χ2v) is 6.15. The fourth-order valence-electron chi connectivity index (χ4n) is 3.76. The number of nitrogens with zero attached hydrogens (tertiary/aromatic N) is 2. The number of likely N-dealkylation sites (tertiary alicyclic amines) is 1. The van der Waals surface area contributed by atoms with E-state index in [9.17, 15) is 0 Å². The maximum atomic E-state index is 5.76. The highest BCUT2D eigenvalue weighted by molar-refractivity contribution is 4.93. The van der Waals surface area contributed by atoms with Crippen LogP contribution in [-0.4, -0.2) is 73.9 Å². The smallest absolute Gasteiger partial charge is 0.0637 e. The van der Waals surface area contributed by atoms with Crippen LogP contribution in [0.25, 0.3) is 0 Å². The topological polar surface area (TPSA) is 27.7 Å². The Morgan fingerprint density at radius 3 is 2.70 bits per heavy atom. The van der Waals surface area contributed by atoms with Gasteiger partial charge in [-0.2, -0.15) is 0 Å². The van der Waals surface area contributed by atoms with Crippen LogP contribution in [0.2, 0.25) is 0 Å². The van der Waals surface area contributed by atoms with Gasteiger partial charge in [0, 0.05) is 37.8 Å². The molecule has 0 aliphatic carbocycles. The number of hydrogen-bond acceptors (Lipinski definition) is 4. The van der Waals surface area contributed by atoms with Crippen LogP contribution >= 0.6 is 0 Å². The maximum Gasteiger partial charge on any atom is 0.0637 e. The first-order valence-corrected chi connectivity index (χ1v) is 8.59. The van der Waals surface area contributed by atoms with Gasteiger partial charge in [0.2, 0.25) is 0 Å². The predicted octanol–water partition coefficient (Wildman–Crippen LogP) is 1.56. The van der Waals surface area contributed by atoms with Crippen molar-refractivity contribution in [3.8, 4) is 0 Å². The number of rotatable bonds is 7. The largest absolute Gasteiger partial charge is 0.380 e. The summed E-state index contributed by atoms with van der Waals surface area (Å²) in [4.78, 5) is 5.29. The summed E-state index contributed by atoms with van der Waals surface area (Å²) in [6.45, 7) is 14.6. The molecule has 3 unspecified atom stereocenters. The van der Waals surface area contributed by atoms with Gasteiger partial charge in [0.1, 0.15) is 0 Å². The molecule has 0 saturated carbocycles.